The van der Waals surface area contributed by atoms with Gasteiger partial charge in [-0.2, -0.15) is 0 Å². The van der Waals surface area contributed by atoms with Crippen LogP contribution in [0.3, 0.4) is 0 Å². The molecule has 0 amide bonds. The number of piperidine rings is 1. The summed E-state index contributed by atoms with van der Waals surface area (Å²) in [5.41, 5.74) is 1.72. The summed E-state index contributed by atoms with van der Waals surface area (Å²) in [6.45, 7) is 6.59. The van der Waals surface area contributed by atoms with Gasteiger partial charge in [-0.25, -0.2) is 0 Å². The van der Waals surface area contributed by atoms with Gasteiger partial charge in [-0.3, -0.25) is 10.1 Å². The van der Waals surface area contributed by atoms with Gasteiger partial charge in [-0.1, -0.05) is 12.1 Å². The number of aryl methyl sites for hydroxylation is 1. The second kappa shape index (κ2) is 6.02. The topological polar surface area (TPSA) is 58.4 Å². The van der Waals surface area contributed by atoms with Crippen LogP contribution in [-0.4, -0.2) is 30.6 Å². The number of rotatable bonds is 4. The Bertz CT molecular complexity index is 456. The number of nitro benzene ring substituents is 1. The lowest BCUT2D eigenvalue weighted by molar-refractivity contribution is -0.384. The third-order valence-corrected chi connectivity index (χ3v) is 3.76. The molecule has 19 heavy (non-hydrogen) atoms. The molecule has 1 aliphatic rings. The van der Waals surface area contributed by atoms with Crippen molar-refractivity contribution in [2.45, 2.75) is 32.7 Å². The molecule has 104 valence electrons. The number of likely N-dealkylation sites (N-methyl/N-ethyl adjacent to an activating group) is 1. The Morgan fingerprint density at radius 2 is 2.32 bits per heavy atom. The van der Waals surface area contributed by atoms with E-state index >= 15 is 0 Å². The summed E-state index contributed by atoms with van der Waals surface area (Å²) in [5.74, 6) is 0. The summed E-state index contributed by atoms with van der Waals surface area (Å²) in [6.07, 6.45) is 2.21. The molecule has 0 bridgehead atoms. The maximum Gasteiger partial charge on any atom is 0.295 e. The average Bonchev–Trinajstić information content (AvgIpc) is 2.40. The zero-order valence-corrected chi connectivity index (χ0v) is 11.6. The molecule has 0 aromatic heterocycles. The van der Waals surface area contributed by atoms with Gasteiger partial charge in [-0.05, 0) is 39.3 Å². The predicted octanol–water partition coefficient (Wildman–Crippen LogP) is 2.48. The summed E-state index contributed by atoms with van der Waals surface area (Å²) in [6, 6.07) is 5.91. The lowest BCUT2D eigenvalue weighted by Crippen LogP contribution is -2.46. The van der Waals surface area contributed by atoms with Crippen LogP contribution in [0.15, 0.2) is 18.2 Å². The molecule has 1 saturated heterocycles. The summed E-state index contributed by atoms with van der Waals surface area (Å²) in [7, 11) is 0. The lowest BCUT2D eigenvalue weighted by Gasteiger charge is -2.35. The average molecular weight is 263 g/mol. The van der Waals surface area contributed by atoms with E-state index in [2.05, 4.69) is 17.1 Å². The highest BCUT2D eigenvalue weighted by atomic mass is 16.6. The smallest absolute Gasteiger partial charge is 0.295 e. The molecular weight excluding hydrogens is 242 g/mol. The number of nitro groups is 1. The normalized spacial score (nSPS) is 19.2. The van der Waals surface area contributed by atoms with Gasteiger partial charge in [0, 0.05) is 24.7 Å². The maximum absolute atomic E-state index is 11.3. The minimum absolute atomic E-state index is 0.245. The Balaban J connectivity index is 2.37. The molecule has 2 rings (SSSR count). The predicted molar refractivity (Wildman–Crippen MR) is 76.7 cm³/mol. The van der Waals surface area contributed by atoms with E-state index in [4.69, 9.17) is 0 Å². The first-order valence-corrected chi connectivity index (χ1v) is 6.86. The van der Waals surface area contributed by atoms with Gasteiger partial charge < -0.3 is 10.2 Å². The molecule has 0 radical (unpaired) electrons. The maximum atomic E-state index is 11.3. The van der Waals surface area contributed by atoms with Crippen molar-refractivity contribution in [3.05, 3.63) is 33.9 Å². The van der Waals surface area contributed by atoms with Crippen molar-refractivity contribution in [1.82, 2.24) is 5.32 Å². The molecule has 1 aromatic rings. The lowest BCUT2D eigenvalue weighted by atomic mass is 10.0. The third-order valence-electron chi connectivity index (χ3n) is 3.76. The van der Waals surface area contributed by atoms with Gasteiger partial charge in [0.05, 0.1) is 4.92 Å². The molecular formula is C14H21N3O2. The molecule has 1 aromatic carbocycles. The van der Waals surface area contributed by atoms with Crippen molar-refractivity contribution in [2.75, 3.05) is 24.5 Å². The van der Waals surface area contributed by atoms with E-state index in [1.54, 1.807) is 13.0 Å². The standard InChI is InChI=1S/C14H21N3O2/c1-3-16(12-7-5-9-15-10-12)13-8-4-6-11(2)14(13)17(18)19/h4,6,8,12,15H,3,5,7,9-10H2,1-2H3. The van der Waals surface area contributed by atoms with Crippen LogP contribution in [-0.2, 0) is 0 Å². The molecule has 5 heteroatoms. The first-order chi connectivity index (χ1) is 9.15. The van der Waals surface area contributed by atoms with Gasteiger partial charge in [-0.15, -0.1) is 0 Å². The van der Waals surface area contributed by atoms with Crippen molar-refractivity contribution in [3.8, 4) is 0 Å². The highest BCUT2D eigenvalue weighted by Crippen LogP contribution is 2.33. The molecule has 1 unspecified atom stereocenters. The zero-order chi connectivity index (χ0) is 13.8. The van der Waals surface area contributed by atoms with E-state index in [1.807, 2.05) is 12.1 Å². The van der Waals surface area contributed by atoms with Crippen LogP contribution < -0.4 is 10.2 Å². The largest absolute Gasteiger partial charge is 0.362 e. The molecule has 1 aliphatic heterocycles. The first kappa shape index (κ1) is 13.8. The van der Waals surface area contributed by atoms with E-state index in [1.165, 1.54) is 0 Å². The highest BCUT2D eigenvalue weighted by molar-refractivity contribution is 5.67. The Kier molecular flexibility index (Phi) is 4.37. The SMILES string of the molecule is CCN(c1cccc(C)c1[N+](=O)[O-])C1CCCNC1. The van der Waals surface area contributed by atoms with E-state index in [9.17, 15) is 10.1 Å². The minimum atomic E-state index is -0.260. The number of anilines is 1. The Morgan fingerprint density at radius 1 is 1.53 bits per heavy atom. The van der Waals surface area contributed by atoms with E-state index in [-0.39, 0.29) is 10.6 Å². The minimum Gasteiger partial charge on any atom is -0.362 e. The number of hydrogen-bond donors (Lipinski definition) is 1. The van der Waals surface area contributed by atoms with Crippen LogP contribution in [0.5, 0.6) is 0 Å². The molecule has 1 atom stereocenters. The number of benzene rings is 1. The van der Waals surface area contributed by atoms with Crippen molar-refractivity contribution < 1.29 is 4.92 Å². The van der Waals surface area contributed by atoms with Gasteiger partial charge >= 0.3 is 0 Å². The van der Waals surface area contributed by atoms with Gasteiger partial charge in [0.15, 0.2) is 0 Å². The van der Waals surface area contributed by atoms with Crippen LogP contribution in [0.2, 0.25) is 0 Å². The molecule has 1 fully saturated rings. The molecule has 0 aliphatic carbocycles. The fraction of sp³-hybridized carbons (Fsp3) is 0.571. The molecule has 1 heterocycles. The zero-order valence-electron chi connectivity index (χ0n) is 11.6. The molecule has 0 spiro atoms. The van der Waals surface area contributed by atoms with Gasteiger partial charge in [0.2, 0.25) is 0 Å². The number of nitrogens with one attached hydrogen (secondary N) is 1. The molecule has 5 nitrogen and oxygen atoms in total. The summed E-state index contributed by atoms with van der Waals surface area (Å²) < 4.78 is 0. The second-order valence-electron chi connectivity index (χ2n) is 4.99. The quantitative estimate of drug-likeness (QED) is 0.669. The molecule has 1 N–H and O–H groups in total. The Hall–Kier alpha value is -1.62. The fourth-order valence-electron chi connectivity index (χ4n) is 2.84. The monoisotopic (exact) mass is 263 g/mol. The van der Waals surface area contributed by atoms with E-state index in [0.717, 1.165) is 43.7 Å². The first-order valence-electron chi connectivity index (χ1n) is 6.86. The highest BCUT2D eigenvalue weighted by Gasteiger charge is 2.26. The number of para-hydroxylation sites is 1. The van der Waals surface area contributed by atoms with Crippen LogP contribution in [0.1, 0.15) is 25.3 Å². The second-order valence-corrected chi connectivity index (χ2v) is 4.99. The summed E-state index contributed by atoms with van der Waals surface area (Å²) in [4.78, 5) is 13.2. The van der Waals surface area contributed by atoms with E-state index < -0.39 is 0 Å². The van der Waals surface area contributed by atoms with E-state index in [0.29, 0.717) is 6.04 Å². The number of nitrogens with zero attached hydrogens (tertiary/aromatic N) is 2. The summed E-state index contributed by atoms with van der Waals surface area (Å²) in [5, 5.41) is 14.7. The van der Waals surface area contributed by atoms with Crippen LogP contribution in [0.4, 0.5) is 11.4 Å². The van der Waals surface area contributed by atoms with Crippen molar-refractivity contribution in [1.29, 1.82) is 0 Å². The van der Waals surface area contributed by atoms with Gasteiger partial charge in [0.1, 0.15) is 5.69 Å². The molecule has 0 saturated carbocycles. The van der Waals surface area contributed by atoms with Crippen LogP contribution in [0, 0.1) is 17.0 Å². The van der Waals surface area contributed by atoms with Crippen LogP contribution >= 0.6 is 0 Å². The van der Waals surface area contributed by atoms with Crippen molar-refractivity contribution in [3.63, 3.8) is 0 Å². The fourth-order valence-corrected chi connectivity index (χ4v) is 2.84. The van der Waals surface area contributed by atoms with Crippen LogP contribution in [0.25, 0.3) is 0 Å². The van der Waals surface area contributed by atoms with Gasteiger partial charge in [0.25, 0.3) is 5.69 Å². The third kappa shape index (κ3) is 2.87. The Morgan fingerprint density at radius 3 is 2.89 bits per heavy atom. The Labute approximate surface area is 113 Å². The number of hydrogen-bond acceptors (Lipinski definition) is 4. The summed E-state index contributed by atoms with van der Waals surface area (Å²) >= 11 is 0. The van der Waals surface area contributed by atoms with Crippen molar-refractivity contribution in [2.24, 2.45) is 0 Å². The van der Waals surface area contributed by atoms with Crippen molar-refractivity contribution >= 4 is 11.4 Å².